The molecule has 27 heavy (non-hydrogen) atoms. The van der Waals surface area contributed by atoms with Gasteiger partial charge in [-0.1, -0.05) is 32.4 Å². The Morgan fingerprint density at radius 2 is 1.81 bits per heavy atom. The summed E-state index contributed by atoms with van der Waals surface area (Å²) in [6.07, 6.45) is 1.33. The maximum absolute atomic E-state index is 12.9. The molecule has 0 saturated carbocycles. The number of ether oxygens (including phenoxy) is 1. The van der Waals surface area contributed by atoms with Crippen LogP contribution in [0.5, 0.6) is 0 Å². The second-order valence-electron chi connectivity index (χ2n) is 7.62. The Morgan fingerprint density at radius 3 is 2.33 bits per heavy atom. The molecule has 3 amide bonds. The number of carbonyl (C=O) groups is 3. The summed E-state index contributed by atoms with van der Waals surface area (Å²) in [7, 11) is 1.25. The molecule has 1 aliphatic rings. The summed E-state index contributed by atoms with van der Waals surface area (Å²) < 4.78 is 4.52. The van der Waals surface area contributed by atoms with Crippen molar-refractivity contribution in [2.45, 2.75) is 39.7 Å². The fourth-order valence-corrected chi connectivity index (χ4v) is 3.19. The molecule has 1 saturated heterocycles. The van der Waals surface area contributed by atoms with Gasteiger partial charge in [0.1, 0.15) is 6.04 Å². The highest BCUT2D eigenvalue weighted by molar-refractivity contribution is 6.34. The maximum atomic E-state index is 12.9. The Hall–Kier alpha value is -2.28. The Bertz CT molecular complexity index is 724. The molecule has 8 heteroatoms. The lowest BCUT2D eigenvalue weighted by Gasteiger charge is -2.33. The summed E-state index contributed by atoms with van der Waals surface area (Å²) in [6.45, 7) is 7.18. The molecular weight excluding hydrogens is 370 g/mol. The molecule has 1 aliphatic heterocycles. The number of methoxy groups -OCH3 is 1. The number of halogens is 1. The van der Waals surface area contributed by atoms with Crippen molar-refractivity contribution in [1.29, 1.82) is 0 Å². The number of benzene rings is 1. The van der Waals surface area contributed by atoms with Gasteiger partial charge in [-0.3, -0.25) is 14.9 Å². The highest BCUT2D eigenvalue weighted by Gasteiger charge is 2.36. The monoisotopic (exact) mass is 395 g/mol. The van der Waals surface area contributed by atoms with Crippen molar-refractivity contribution in [3.63, 3.8) is 0 Å². The lowest BCUT2D eigenvalue weighted by atomic mass is 9.85. The van der Waals surface area contributed by atoms with Gasteiger partial charge < -0.3 is 15.0 Å². The van der Waals surface area contributed by atoms with Crippen molar-refractivity contribution in [2.75, 3.05) is 25.5 Å². The van der Waals surface area contributed by atoms with Crippen LogP contribution in [0.2, 0.25) is 5.02 Å². The molecule has 7 nitrogen and oxygen atoms in total. The first-order chi connectivity index (χ1) is 12.6. The van der Waals surface area contributed by atoms with Crippen LogP contribution in [-0.4, -0.2) is 49.0 Å². The molecule has 1 aromatic carbocycles. The molecule has 1 aromatic rings. The van der Waals surface area contributed by atoms with E-state index in [9.17, 15) is 14.4 Å². The summed E-state index contributed by atoms with van der Waals surface area (Å²) >= 11 is 6.21. The zero-order chi connectivity index (χ0) is 20.2. The molecule has 2 rings (SSSR count). The number of hydrogen-bond acceptors (Lipinski definition) is 4. The quantitative estimate of drug-likeness (QED) is 0.818. The van der Waals surface area contributed by atoms with Gasteiger partial charge in [-0.25, -0.2) is 4.79 Å². The number of nitrogens with one attached hydrogen (secondary N) is 2. The van der Waals surface area contributed by atoms with Crippen LogP contribution in [0, 0.1) is 5.41 Å². The third-order valence-electron chi connectivity index (χ3n) is 4.45. The summed E-state index contributed by atoms with van der Waals surface area (Å²) in [4.78, 5) is 38.7. The number of anilines is 1. The largest absolute Gasteiger partial charge is 0.453 e. The van der Waals surface area contributed by atoms with Gasteiger partial charge in [-0.15, -0.1) is 0 Å². The Morgan fingerprint density at radius 1 is 1.19 bits per heavy atom. The minimum absolute atomic E-state index is 0.0755. The van der Waals surface area contributed by atoms with Gasteiger partial charge in [0.25, 0.3) is 5.91 Å². The average Bonchev–Trinajstić information content (AvgIpc) is 3.12. The summed E-state index contributed by atoms with van der Waals surface area (Å²) in [5.41, 5.74) is 0.188. The molecule has 0 spiro atoms. The van der Waals surface area contributed by atoms with E-state index in [4.69, 9.17) is 11.6 Å². The van der Waals surface area contributed by atoms with Gasteiger partial charge >= 0.3 is 6.09 Å². The minimum Gasteiger partial charge on any atom is -0.453 e. The SMILES string of the molecule is COC(=O)Nc1ccc(C(=O)N[C@H](C(=O)N2CCCC2)C(C)(C)C)c(Cl)c1. The number of likely N-dealkylation sites (tertiary alicyclic amines) is 1. The van der Waals surface area contributed by atoms with Crippen molar-refractivity contribution in [1.82, 2.24) is 10.2 Å². The highest BCUT2D eigenvalue weighted by Crippen LogP contribution is 2.25. The number of carbonyl (C=O) groups excluding carboxylic acids is 3. The van der Waals surface area contributed by atoms with Gasteiger partial charge in [0.15, 0.2) is 0 Å². The van der Waals surface area contributed by atoms with Gasteiger partial charge in [0.05, 0.1) is 17.7 Å². The number of nitrogens with zero attached hydrogens (tertiary/aromatic N) is 1. The first-order valence-corrected chi connectivity index (χ1v) is 9.25. The van der Waals surface area contributed by atoms with E-state index in [1.165, 1.54) is 19.2 Å². The van der Waals surface area contributed by atoms with Crippen molar-refractivity contribution in [3.05, 3.63) is 28.8 Å². The van der Waals surface area contributed by atoms with Gasteiger partial charge in [0.2, 0.25) is 5.91 Å². The molecule has 1 fully saturated rings. The Balaban J connectivity index is 2.17. The van der Waals surface area contributed by atoms with E-state index in [1.807, 2.05) is 20.8 Å². The fraction of sp³-hybridized carbons (Fsp3) is 0.526. The minimum atomic E-state index is -0.660. The first kappa shape index (κ1) is 21.0. The van der Waals surface area contributed by atoms with Crippen LogP contribution in [0.3, 0.4) is 0 Å². The third-order valence-corrected chi connectivity index (χ3v) is 4.76. The highest BCUT2D eigenvalue weighted by atomic mass is 35.5. The topological polar surface area (TPSA) is 87.7 Å². The van der Waals surface area contributed by atoms with Crippen LogP contribution in [0.4, 0.5) is 10.5 Å². The second-order valence-corrected chi connectivity index (χ2v) is 8.02. The molecule has 1 heterocycles. The molecular formula is C19H26ClN3O4. The predicted octanol–water partition coefficient (Wildman–Crippen LogP) is 3.29. The fourth-order valence-electron chi connectivity index (χ4n) is 2.92. The molecule has 0 radical (unpaired) electrons. The molecule has 0 unspecified atom stereocenters. The zero-order valence-corrected chi connectivity index (χ0v) is 16.9. The van der Waals surface area contributed by atoms with Crippen molar-refractivity contribution in [3.8, 4) is 0 Å². The molecule has 0 bridgehead atoms. The summed E-state index contributed by atoms with van der Waals surface area (Å²) in [5.74, 6) is -0.509. The first-order valence-electron chi connectivity index (χ1n) is 8.87. The van der Waals surface area contributed by atoms with Crippen LogP contribution in [0.25, 0.3) is 0 Å². The predicted molar refractivity (Wildman–Crippen MR) is 104 cm³/mol. The van der Waals surface area contributed by atoms with Crippen molar-refractivity contribution < 1.29 is 19.1 Å². The van der Waals surface area contributed by atoms with Crippen LogP contribution >= 0.6 is 11.6 Å². The Labute approximate surface area is 164 Å². The van der Waals surface area contributed by atoms with E-state index in [-0.39, 0.29) is 16.5 Å². The van der Waals surface area contributed by atoms with Crippen molar-refractivity contribution >= 4 is 35.2 Å². The van der Waals surface area contributed by atoms with E-state index in [0.717, 1.165) is 25.9 Å². The molecule has 148 valence electrons. The molecule has 2 N–H and O–H groups in total. The van der Waals surface area contributed by atoms with Gasteiger partial charge in [0, 0.05) is 18.8 Å². The van der Waals surface area contributed by atoms with Crippen LogP contribution in [0.15, 0.2) is 18.2 Å². The van der Waals surface area contributed by atoms with Crippen LogP contribution in [0.1, 0.15) is 44.0 Å². The lowest BCUT2D eigenvalue weighted by molar-refractivity contribution is -0.134. The van der Waals surface area contributed by atoms with Gasteiger partial charge in [-0.2, -0.15) is 0 Å². The summed E-state index contributed by atoms with van der Waals surface area (Å²) in [5, 5.41) is 5.49. The Kier molecular flexibility index (Phi) is 6.70. The zero-order valence-electron chi connectivity index (χ0n) is 16.1. The third kappa shape index (κ3) is 5.35. The lowest BCUT2D eigenvalue weighted by Crippen LogP contribution is -2.54. The van der Waals surface area contributed by atoms with Crippen molar-refractivity contribution in [2.24, 2.45) is 5.41 Å². The average molecular weight is 396 g/mol. The van der Waals surface area contributed by atoms with E-state index in [0.29, 0.717) is 5.69 Å². The molecule has 1 atom stereocenters. The van der Waals surface area contributed by atoms with Crippen LogP contribution in [-0.2, 0) is 9.53 Å². The van der Waals surface area contributed by atoms with E-state index in [2.05, 4.69) is 15.4 Å². The number of rotatable bonds is 4. The second kappa shape index (κ2) is 8.61. The van der Waals surface area contributed by atoms with Gasteiger partial charge in [-0.05, 0) is 36.5 Å². The standard InChI is InChI=1S/C19H26ClN3O4/c1-19(2,3)15(17(25)23-9-5-6-10-23)22-16(24)13-8-7-12(11-14(13)20)21-18(26)27-4/h7-8,11,15H,5-6,9-10H2,1-4H3,(H,21,26)(H,22,24)/t15-/m1/s1. The summed E-state index contributed by atoms with van der Waals surface area (Å²) in [6, 6.07) is 3.85. The maximum Gasteiger partial charge on any atom is 0.411 e. The molecule has 0 aromatic heterocycles. The smallest absolute Gasteiger partial charge is 0.411 e. The number of hydrogen-bond donors (Lipinski definition) is 2. The number of amides is 3. The molecule has 0 aliphatic carbocycles. The van der Waals surface area contributed by atoms with Crippen LogP contribution < -0.4 is 10.6 Å². The van der Waals surface area contributed by atoms with E-state index in [1.54, 1.807) is 11.0 Å². The normalized spacial score (nSPS) is 15.2. The van der Waals surface area contributed by atoms with E-state index < -0.39 is 23.5 Å². The van der Waals surface area contributed by atoms with E-state index >= 15 is 0 Å².